The summed E-state index contributed by atoms with van der Waals surface area (Å²) in [5.74, 6) is 0.327. The maximum absolute atomic E-state index is 11.7. The molecule has 1 aliphatic carbocycles. The normalized spacial score (nSPS) is 15.6. The molecule has 0 saturated carbocycles. The van der Waals surface area contributed by atoms with Crippen molar-refractivity contribution in [1.82, 2.24) is 0 Å². The molecule has 0 amide bonds. The second-order valence-corrected chi connectivity index (χ2v) is 5.95. The minimum absolute atomic E-state index is 0.0121. The van der Waals surface area contributed by atoms with Crippen molar-refractivity contribution in [1.29, 1.82) is 0 Å². The molecule has 2 rings (SSSR count). The Bertz CT molecular complexity index is 411. The first-order chi connectivity index (χ1) is 8.20. The van der Waals surface area contributed by atoms with Gasteiger partial charge in [0, 0.05) is 6.42 Å². The predicted octanol–water partition coefficient (Wildman–Crippen LogP) is 3.85. The summed E-state index contributed by atoms with van der Waals surface area (Å²) in [7, 11) is 0. The van der Waals surface area contributed by atoms with Crippen LogP contribution in [-0.2, 0) is 24.1 Å². The molecule has 1 aromatic carbocycles. The van der Waals surface area contributed by atoms with Crippen LogP contribution in [0.5, 0.6) is 0 Å². The fraction of sp³-hybridized carbons (Fsp3) is 0.533. The average Bonchev–Trinajstić information content (AvgIpc) is 2.76. The molecule has 0 spiro atoms. The van der Waals surface area contributed by atoms with Gasteiger partial charge in [-0.05, 0) is 48.8 Å². The van der Waals surface area contributed by atoms with E-state index < -0.39 is 0 Å². The Balaban J connectivity index is 2.01. The van der Waals surface area contributed by atoms with Crippen molar-refractivity contribution in [2.24, 2.45) is 0 Å². The van der Waals surface area contributed by atoms with Crippen molar-refractivity contribution in [3.8, 4) is 0 Å². The molecule has 1 atom stereocenters. The summed E-state index contributed by atoms with van der Waals surface area (Å²) in [6.07, 6.45) is 6.16. The number of rotatable bonds is 5. The Kier molecular flexibility index (Phi) is 4.38. The monoisotopic (exact) mass is 294 g/mol. The molecule has 0 bridgehead atoms. The van der Waals surface area contributed by atoms with Crippen LogP contribution >= 0.6 is 15.9 Å². The minimum Gasteiger partial charge on any atom is -0.298 e. The molecule has 0 saturated heterocycles. The Hall–Kier alpha value is -0.630. The molecule has 2 heteroatoms. The topological polar surface area (TPSA) is 17.1 Å². The van der Waals surface area contributed by atoms with E-state index in [0.29, 0.717) is 12.2 Å². The van der Waals surface area contributed by atoms with E-state index in [-0.39, 0.29) is 4.83 Å². The van der Waals surface area contributed by atoms with E-state index in [1.54, 1.807) is 0 Å². The van der Waals surface area contributed by atoms with Gasteiger partial charge in [-0.25, -0.2) is 0 Å². The highest BCUT2D eigenvalue weighted by atomic mass is 79.9. The van der Waals surface area contributed by atoms with E-state index in [2.05, 4.69) is 34.1 Å². The van der Waals surface area contributed by atoms with Gasteiger partial charge in [-0.3, -0.25) is 4.79 Å². The second-order valence-electron chi connectivity index (χ2n) is 4.84. The standard InChI is InChI=1S/C15H19BrO/c1-2-4-15(17)14(16)10-11-7-8-12-5-3-6-13(12)9-11/h7-9,14H,2-6,10H2,1H3. The largest absolute Gasteiger partial charge is 0.298 e. The lowest BCUT2D eigenvalue weighted by Crippen LogP contribution is -2.16. The number of hydrogen-bond acceptors (Lipinski definition) is 1. The van der Waals surface area contributed by atoms with Crippen molar-refractivity contribution < 1.29 is 4.79 Å². The van der Waals surface area contributed by atoms with Crippen LogP contribution in [0.2, 0.25) is 0 Å². The van der Waals surface area contributed by atoms with Gasteiger partial charge in [0.2, 0.25) is 0 Å². The summed E-state index contributed by atoms with van der Waals surface area (Å²) in [5, 5.41) is 0. The summed E-state index contributed by atoms with van der Waals surface area (Å²) in [6, 6.07) is 6.70. The quantitative estimate of drug-likeness (QED) is 0.754. The molecule has 1 nitrogen and oxygen atoms in total. The van der Waals surface area contributed by atoms with Crippen LogP contribution in [-0.4, -0.2) is 10.6 Å². The van der Waals surface area contributed by atoms with Gasteiger partial charge >= 0.3 is 0 Å². The lowest BCUT2D eigenvalue weighted by molar-refractivity contribution is -0.118. The van der Waals surface area contributed by atoms with Gasteiger partial charge in [0.15, 0.2) is 0 Å². The predicted molar refractivity (Wildman–Crippen MR) is 74.8 cm³/mol. The molecule has 0 radical (unpaired) electrons. The number of ketones is 1. The zero-order chi connectivity index (χ0) is 12.3. The fourth-order valence-corrected chi connectivity index (χ4v) is 3.08. The summed E-state index contributed by atoms with van der Waals surface area (Å²) >= 11 is 3.51. The lowest BCUT2D eigenvalue weighted by atomic mass is 10.0. The van der Waals surface area contributed by atoms with Gasteiger partial charge in [-0.2, -0.15) is 0 Å². The van der Waals surface area contributed by atoms with Gasteiger partial charge in [0.1, 0.15) is 5.78 Å². The molecule has 17 heavy (non-hydrogen) atoms. The molecular weight excluding hydrogens is 276 g/mol. The Morgan fingerprint density at radius 2 is 2.12 bits per heavy atom. The number of halogens is 1. The van der Waals surface area contributed by atoms with Crippen LogP contribution < -0.4 is 0 Å². The lowest BCUT2D eigenvalue weighted by Gasteiger charge is -2.09. The van der Waals surface area contributed by atoms with Gasteiger partial charge in [-0.15, -0.1) is 0 Å². The van der Waals surface area contributed by atoms with E-state index in [1.165, 1.54) is 36.0 Å². The number of Topliss-reactive ketones (excluding diaryl/α,β-unsaturated/α-hetero) is 1. The summed E-state index contributed by atoms with van der Waals surface area (Å²) in [5.41, 5.74) is 4.28. The zero-order valence-electron chi connectivity index (χ0n) is 10.3. The number of fused-ring (bicyclic) bond motifs is 1. The van der Waals surface area contributed by atoms with E-state index >= 15 is 0 Å². The van der Waals surface area contributed by atoms with Gasteiger partial charge in [0.05, 0.1) is 4.83 Å². The van der Waals surface area contributed by atoms with Crippen LogP contribution in [0.1, 0.15) is 42.9 Å². The first-order valence-electron chi connectivity index (χ1n) is 6.48. The summed E-state index contributed by atoms with van der Waals surface area (Å²) < 4.78 is 0. The maximum Gasteiger partial charge on any atom is 0.146 e. The first kappa shape index (κ1) is 12.8. The molecular formula is C15H19BrO. The Morgan fingerprint density at radius 3 is 2.88 bits per heavy atom. The van der Waals surface area contributed by atoms with Crippen molar-refractivity contribution in [2.45, 2.75) is 50.3 Å². The molecule has 0 aromatic heterocycles. The molecule has 1 aliphatic rings. The third kappa shape index (κ3) is 3.19. The van der Waals surface area contributed by atoms with E-state index in [9.17, 15) is 4.79 Å². The number of carbonyl (C=O) groups excluding carboxylic acids is 1. The van der Waals surface area contributed by atoms with E-state index in [4.69, 9.17) is 0 Å². The second kappa shape index (κ2) is 5.81. The first-order valence-corrected chi connectivity index (χ1v) is 7.39. The highest BCUT2D eigenvalue weighted by Gasteiger charge is 2.16. The number of aryl methyl sites for hydroxylation is 2. The maximum atomic E-state index is 11.7. The molecule has 1 aromatic rings. The SMILES string of the molecule is CCCC(=O)C(Br)Cc1ccc2c(c1)CCC2. The molecule has 0 N–H and O–H groups in total. The fourth-order valence-electron chi connectivity index (χ4n) is 2.48. The smallest absolute Gasteiger partial charge is 0.146 e. The van der Waals surface area contributed by atoms with Crippen LogP contribution in [0.3, 0.4) is 0 Å². The van der Waals surface area contributed by atoms with Gasteiger partial charge in [0.25, 0.3) is 0 Å². The molecule has 0 fully saturated rings. The van der Waals surface area contributed by atoms with Gasteiger partial charge < -0.3 is 0 Å². The van der Waals surface area contributed by atoms with Crippen molar-refractivity contribution in [3.63, 3.8) is 0 Å². The van der Waals surface area contributed by atoms with E-state index in [1.807, 2.05) is 6.92 Å². The number of alkyl halides is 1. The summed E-state index contributed by atoms with van der Waals surface area (Å²) in [4.78, 5) is 11.7. The number of hydrogen-bond donors (Lipinski definition) is 0. The van der Waals surface area contributed by atoms with E-state index in [0.717, 1.165) is 12.8 Å². The molecule has 92 valence electrons. The van der Waals surface area contributed by atoms with Crippen LogP contribution in [0, 0.1) is 0 Å². The van der Waals surface area contributed by atoms with Gasteiger partial charge in [-0.1, -0.05) is 41.1 Å². The van der Waals surface area contributed by atoms with Crippen molar-refractivity contribution in [3.05, 3.63) is 34.9 Å². The zero-order valence-corrected chi connectivity index (χ0v) is 11.9. The number of carbonyl (C=O) groups is 1. The van der Waals surface area contributed by atoms with Crippen molar-refractivity contribution in [2.75, 3.05) is 0 Å². The molecule has 0 heterocycles. The van der Waals surface area contributed by atoms with Crippen LogP contribution in [0.15, 0.2) is 18.2 Å². The Labute approximate surface area is 112 Å². The van der Waals surface area contributed by atoms with Crippen LogP contribution in [0.25, 0.3) is 0 Å². The highest BCUT2D eigenvalue weighted by Crippen LogP contribution is 2.24. The average molecular weight is 295 g/mol. The van der Waals surface area contributed by atoms with Crippen LogP contribution in [0.4, 0.5) is 0 Å². The van der Waals surface area contributed by atoms with Crippen molar-refractivity contribution >= 4 is 21.7 Å². The highest BCUT2D eigenvalue weighted by molar-refractivity contribution is 9.10. The third-order valence-electron chi connectivity index (χ3n) is 3.42. The molecule has 1 unspecified atom stereocenters. The number of benzene rings is 1. The summed E-state index contributed by atoms with van der Waals surface area (Å²) in [6.45, 7) is 2.05. The minimum atomic E-state index is -0.0121. The Morgan fingerprint density at radius 1 is 1.35 bits per heavy atom. The molecule has 0 aliphatic heterocycles. The third-order valence-corrected chi connectivity index (χ3v) is 4.26.